The minimum Gasteiger partial charge on any atom is -0.475 e. The van der Waals surface area contributed by atoms with Crippen molar-refractivity contribution in [3.8, 4) is 5.88 Å². The van der Waals surface area contributed by atoms with Gasteiger partial charge in [0.05, 0.1) is 24.5 Å². The third-order valence-corrected chi connectivity index (χ3v) is 4.95. The quantitative estimate of drug-likeness (QED) is 0.327. The minimum absolute atomic E-state index is 0.119. The fourth-order valence-corrected chi connectivity index (χ4v) is 3.48. The Balaban J connectivity index is 1.76. The summed E-state index contributed by atoms with van der Waals surface area (Å²) < 4.78 is 11.3. The van der Waals surface area contributed by atoms with Crippen molar-refractivity contribution < 1.29 is 14.6 Å². The number of H-pyrrole nitrogens is 1. The number of aromatic nitrogens is 2. The number of aromatic amines is 1. The molecule has 30 heavy (non-hydrogen) atoms. The van der Waals surface area contributed by atoms with Crippen LogP contribution in [0.4, 0.5) is 5.69 Å². The first-order chi connectivity index (χ1) is 14.4. The van der Waals surface area contributed by atoms with Crippen molar-refractivity contribution in [1.82, 2.24) is 9.97 Å². The Bertz CT molecular complexity index is 1050. The molecule has 1 aromatic carbocycles. The normalized spacial score (nSPS) is 15.6. The van der Waals surface area contributed by atoms with Crippen LogP contribution in [0.1, 0.15) is 25.1 Å². The number of hydrogen-bond donors (Lipinski definition) is 3. The summed E-state index contributed by atoms with van der Waals surface area (Å²) in [5, 5.41) is 15.1. The molecule has 3 heterocycles. The second-order valence-electron chi connectivity index (χ2n) is 7.97. The van der Waals surface area contributed by atoms with Crippen LogP contribution >= 0.6 is 0 Å². The molecule has 0 aliphatic carbocycles. The zero-order chi connectivity index (χ0) is 21.1. The molecule has 8 nitrogen and oxygen atoms in total. The lowest BCUT2D eigenvalue weighted by atomic mass is 10.1. The summed E-state index contributed by atoms with van der Waals surface area (Å²) in [6.45, 7) is 6.38. The van der Waals surface area contributed by atoms with E-state index in [4.69, 9.17) is 15.3 Å². The van der Waals surface area contributed by atoms with E-state index in [0.29, 0.717) is 30.5 Å². The van der Waals surface area contributed by atoms with E-state index in [-0.39, 0.29) is 6.61 Å². The lowest BCUT2D eigenvalue weighted by molar-refractivity contribution is 0.0268. The molecule has 4 rings (SSSR count). The van der Waals surface area contributed by atoms with Crippen LogP contribution in [0.25, 0.3) is 10.9 Å². The molecule has 158 valence electrons. The van der Waals surface area contributed by atoms with Gasteiger partial charge in [0.25, 0.3) is 0 Å². The standard InChI is InChI=1S/C22H27N5O3/c1-22(2,28)14-30-20-12-15(27-7-9-29-10-8-27)11-19(25-20)21(26-23)17-13-24-18-6-4-3-5-16(17)18/h3-6,11-13,24,28H,7-10,14,23H2,1-2H3. The Morgan fingerprint density at radius 1 is 1.30 bits per heavy atom. The molecule has 0 bridgehead atoms. The maximum atomic E-state index is 10.1. The average molecular weight is 409 g/mol. The second kappa shape index (κ2) is 8.33. The van der Waals surface area contributed by atoms with Crippen molar-refractivity contribution >= 4 is 22.3 Å². The van der Waals surface area contributed by atoms with E-state index in [0.717, 1.165) is 35.2 Å². The molecular weight excluding hydrogens is 382 g/mol. The van der Waals surface area contributed by atoms with Crippen LogP contribution in [0.5, 0.6) is 5.88 Å². The lowest BCUT2D eigenvalue weighted by Gasteiger charge is -2.29. The second-order valence-corrected chi connectivity index (χ2v) is 7.97. The van der Waals surface area contributed by atoms with E-state index >= 15 is 0 Å². The number of morpholine rings is 1. The predicted octanol–water partition coefficient (Wildman–Crippen LogP) is 2.26. The van der Waals surface area contributed by atoms with Gasteiger partial charge in [-0.05, 0) is 26.0 Å². The number of nitrogens with zero attached hydrogens (tertiary/aromatic N) is 3. The Labute approximate surface area is 175 Å². The van der Waals surface area contributed by atoms with Gasteiger partial charge in [-0.3, -0.25) is 0 Å². The summed E-state index contributed by atoms with van der Waals surface area (Å²) in [6.07, 6.45) is 1.89. The smallest absolute Gasteiger partial charge is 0.216 e. The van der Waals surface area contributed by atoms with Gasteiger partial charge in [0.2, 0.25) is 5.88 Å². The first-order valence-electron chi connectivity index (χ1n) is 9.99. The molecule has 8 heteroatoms. The van der Waals surface area contributed by atoms with Gasteiger partial charge in [-0.25, -0.2) is 4.98 Å². The molecule has 2 aromatic heterocycles. The van der Waals surface area contributed by atoms with Crippen molar-refractivity contribution in [2.24, 2.45) is 10.9 Å². The number of rotatable bonds is 6. The molecule has 1 fully saturated rings. The number of hydrogen-bond acceptors (Lipinski definition) is 7. The monoisotopic (exact) mass is 409 g/mol. The highest BCUT2D eigenvalue weighted by Gasteiger charge is 2.20. The van der Waals surface area contributed by atoms with Gasteiger partial charge >= 0.3 is 0 Å². The molecule has 1 aliphatic rings. The Hall–Kier alpha value is -3.10. The summed E-state index contributed by atoms with van der Waals surface area (Å²) in [4.78, 5) is 10.1. The highest BCUT2D eigenvalue weighted by atomic mass is 16.5. The molecule has 1 aliphatic heterocycles. The Kier molecular flexibility index (Phi) is 5.61. The van der Waals surface area contributed by atoms with Gasteiger partial charge in [-0.2, -0.15) is 5.10 Å². The van der Waals surface area contributed by atoms with Crippen LogP contribution < -0.4 is 15.5 Å². The van der Waals surface area contributed by atoms with E-state index in [1.807, 2.05) is 42.6 Å². The number of benzene rings is 1. The molecule has 4 N–H and O–H groups in total. The fraction of sp³-hybridized carbons (Fsp3) is 0.364. The first kappa shape index (κ1) is 20.2. The highest BCUT2D eigenvalue weighted by molar-refractivity contribution is 6.18. The van der Waals surface area contributed by atoms with Crippen LogP contribution in [-0.4, -0.2) is 59.3 Å². The lowest BCUT2D eigenvalue weighted by Crippen LogP contribution is -2.36. The molecule has 0 atom stereocenters. The maximum Gasteiger partial charge on any atom is 0.216 e. The van der Waals surface area contributed by atoms with E-state index < -0.39 is 5.60 Å². The summed E-state index contributed by atoms with van der Waals surface area (Å²) in [5.41, 5.74) is 3.02. The van der Waals surface area contributed by atoms with Crippen molar-refractivity contribution in [2.45, 2.75) is 19.4 Å². The van der Waals surface area contributed by atoms with Gasteiger partial charge in [-0.15, -0.1) is 0 Å². The van der Waals surface area contributed by atoms with E-state index in [9.17, 15) is 5.11 Å². The molecular formula is C22H27N5O3. The largest absolute Gasteiger partial charge is 0.475 e. The van der Waals surface area contributed by atoms with Crippen LogP contribution in [0, 0.1) is 0 Å². The molecule has 0 saturated carbocycles. The summed E-state index contributed by atoms with van der Waals surface area (Å²) >= 11 is 0. The van der Waals surface area contributed by atoms with Crippen molar-refractivity contribution in [3.05, 3.63) is 53.9 Å². The topological polar surface area (TPSA) is 109 Å². The molecule has 0 unspecified atom stereocenters. The highest BCUT2D eigenvalue weighted by Crippen LogP contribution is 2.27. The number of aliphatic hydroxyl groups is 1. The zero-order valence-electron chi connectivity index (χ0n) is 17.3. The number of anilines is 1. The number of hydrazone groups is 1. The number of nitrogens with one attached hydrogen (secondary N) is 1. The van der Waals surface area contributed by atoms with Crippen LogP contribution in [0.15, 0.2) is 47.7 Å². The van der Waals surface area contributed by atoms with E-state index in [1.165, 1.54) is 0 Å². The maximum absolute atomic E-state index is 10.1. The van der Waals surface area contributed by atoms with Gasteiger partial charge < -0.3 is 30.3 Å². The summed E-state index contributed by atoms with van der Waals surface area (Å²) in [5.74, 6) is 6.24. The number of nitrogens with two attached hydrogens (primary N) is 1. The van der Waals surface area contributed by atoms with Gasteiger partial charge in [0.1, 0.15) is 12.3 Å². The predicted molar refractivity (Wildman–Crippen MR) is 117 cm³/mol. The van der Waals surface area contributed by atoms with E-state index in [2.05, 4.69) is 20.0 Å². The number of ether oxygens (including phenoxy) is 2. The number of pyridine rings is 1. The van der Waals surface area contributed by atoms with Crippen molar-refractivity contribution in [1.29, 1.82) is 0 Å². The molecule has 3 aromatic rings. The fourth-order valence-electron chi connectivity index (χ4n) is 3.48. The van der Waals surface area contributed by atoms with E-state index in [1.54, 1.807) is 13.8 Å². The molecule has 0 radical (unpaired) electrons. The Morgan fingerprint density at radius 3 is 2.80 bits per heavy atom. The average Bonchev–Trinajstić information content (AvgIpc) is 3.17. The first-order valence-corrected chi connectivity index (χ1v) is 9.99. The number of para-hydroxylation sites is 1. The van der Waals surface area contributed by atoms with Crippen LogP contribution in [0.2, 0.25) is 0 Å². The SMILES string of the molecule is CC(C)(O)COc1cc(N2CCOCC2)cc(C(=NN)c2c[nH]c3ccccc23)n1. The zero-order valence-corrected chi connectivity index (χ0v) is 17.3. The van der Waals surface area contributed by atoms with Crippen LogP contribution in [-0.2, 0) is 4.74 Å². The third kappa shape index (κ3) is 4.39. The summed E-state index contributed by atoms with van der Waals surface area (Å²) in [6, 6.07) is 11.8. The minimum atomic E-state index is -0.974. The summed E-state index contributed by atoms with van der Waals surface area (Å²) in [7, 11) is 0. The van der Waals surface area contributed by atoms with Crippen molar-refractivity contribution in [2.75, 3.05) is 37.8 Å². The number of fused-ring (bicyclic) bond motifs is 1. The van der Waals surface area contributed by atoms with Gasteiger partial charge in [0.15, 0.2) is 0 Å². The van der Waals surface area contributed by atoms with Gasteiger partial charge in [-0.1, -0.05) is 18.2 Å². The molecule has 0 amide bonds. The van der Waals surface area contributed by atoms with Gasteiger partial charge in [0, 0.05) is 47.5 Å². The Morgan fingerprint density at radius 2 is 2.07 bits per heavy atom. The molecule has 0 spiro atoms. The molecule has 1 saturated heterocycles. The van der Waals surface area contributed by atoms with Crippen molar-refractivity contribution in [3.63, 3.8) is 0 Å². The van der Waals surface area contributed by atoms with Crippen LogP contribution in [0.3, 0.4) is 0 Å². The third-order valence-electron chi connectivity index (χ3n) is 4.95.